The van der Waals surface area contributed by atoms with Crippen LogP contribution in [0.4, 0.5) is 0 Å². The molecule has 0 spiro atoms. The summed E-state index contributed by atoms with van der Waals surface area (Å²) in [6.45, 7) is 0.965. The molecule has 0 bridgehead atoms. The van der Waals surface area contributed by atoms with Crippen LogP contribution in [0.3, 0.4) is 0 Å². The van der Waals surface area contributed by atoms with Crippen molar-refractivity contribution in [3.63, 3.8) is 0 Å². The number of nitrogens with one attached hydrogen (secondary N) is 1. The van der Waals surface area contributed by atoms with Crippen molar-refractivity contribution in [2.75, 3.05) is 6.54 Å². The number of nitrogens with zero attached hydrogens (tertiary/aromatic N) is 1. The fraction of sp³-hybridized carbons (Fsp3) is 0.727. The van der Waals surface area contributed by atoms with Crippen molar-refractivity contribution < 1.29 is 10.0 Å². The summed E-state index contributed by atoms with van der Waals surface area (Å²) in [5.74, 6) is -0.258. The predicted octanol–water partition coefficient (Wildman–Crippen LogP) is 1.06. The van der Waals surface area contributed by atoms with Crippen LogP contribution in [0, 0.1) is 0 Å². The van der Waals surface area contributed by atoms with Crippen LogP contribution in [0.25, 0.3) is 0 Å². The van der Waals surface area contributed by atoms with Gasteiger partial charge in [0.2, 0.25) is 0 Å². The second-order valence-electron chi connectivity index (χ2n) is 4.30. The van der Waals surface area contributed by atoms with Crippen molar-refractivity contribution in [2.45, 2.75) is 44.2 Å². The van der Waals surface area contributed by atoms with E-state index in [1.165, 1.54) is 6.42 Å². The number of rotatable bonds is 2. The summed E-state index contributed by atoms with van der Waals surface area (Å²) in [6.07, 6.45) is 9.78. The molecule has 1 amide bonds. The zero-order valence-electron chi connectivity index (χ0n) is 8.85. The maximum atomic E-state index is 11.4. The molecule has 0 radical (unpaired) electrons. The number of carbonyl (C=O) groups excluding carboxylic acids is 1. The molecule has 2 aliphatic rings. The van der Waals surface area contributed by atoms with E-state index >= 15 is 0 Å². The van der Waals surface area contributed by atoms with Gasteiger partial charge in [-0.2, -0.15) is 0 Å². The summed E-state index contributed by atoms with van der Waals surface area (Å²) in [5, 5.41) is 8.67. The van der Waals surface area contributed by atoms with Gasteiger partial charge in [-0.3, -0.25) is 14.9 Å². The maximum Gasteiger partial charge on any atom is 0.260 e. The van der Waals surface area contributed by atoms with E-state index in [0.717, 1.165) is 32.2 Å². The number of amides is 1. The van der Waals surface area contributed by atoms with Crippen molar-refractivity contribution in [1.82, 2.24) is 10.4 Å². The molecule has 1 aliphatic heterocycles. The SMILES string of the molecule is O=C(NO)[C@@H]1CCCN1[C@@H]1C=CCCC1. The summed E-state index contributed by atoms with van der Waals surface area (Å²) in [5.41, 5.74) is 1.77. The molecule has 1 fully saturated rings. The largest absolute Gasteiger partial charge is 0.289 e. The Morgan fingerprint density at radius 3 is 2.93 bits per heavy atom. The Labute approximate surface area is 89.9 Å². The Morgan fingerprint density at radius 2 is 2.27 bits per heavy atom. The molecule has 4 nitrogen and oxygen atoms in total. The molecule has 2 atom stereocenters. The van der Waals surface area contributed by atoms with Crippen molar-refractivity contribution in [1.29, 1.82) is 0 Å². The van der Waals surface area contributed by atoms with Crippen molar-refractivity contribution >= 4 is 5.91 Å². The van der Waals surface area contributed by atoms with Gasteiger partial charge in [-0.1, -0.05) is 12.2 Å². The van der Waals surface area contributed by atoms with Crippen LogP contribution in [0.2, 0.25) is 0 Å². The highest BCUT2D eigenvalue weighted by Gasteiger charge is 2.34. The fourth-order valence-electron chi connectivity index (χ4n) is 2.61. The number of hydrogen-bond acceptors (Lipinski definition) is 3. The lowest BCUT2D eigenvalue weighted by molar-refractivity contribution is -0.134. The van der Waals surface area contributed by atoms with Gasteiger partial charge in [0.1, 0.15) is 0 Å². The first-order chi connectivity index (χ1) is 7.33. The van der Waals surface area contributed by atoms with E-state index in [0.29, 0.717) is 6.04 Å². The third-order valence-corrected chi connectivity index (χ3v) is 3.36. The fourth-order valence-corrected chi connectivity index (χ4v) is 2.61. The minimum Gasteiger partial charge on any atom is -0.289 e. The Bertz CT molecular complexity index is 265. The lowest BCUT2D eigenvalue weighted by Gasteiger charge is -2.31. The third kappa shape index (κ3) is 2.21. The zero-order valence-corrected chi connectivity index (χ0v) is 8.85. The van der Waals surface area contributed by atoms with Crippen molar-refractivity contribution in [3.8, 4) is 0 Å². The van der Waals surface area contributed by atoms with Crippen LogP contribution < -0.4 is 5.48 Å². The summed E-state index contributed by atoms with van der Waals surface area (Å²) in [4.78, 5) is 13.6. The van der Waals surface area contributed by atoms with Crippen LogP contribution in [0.5, 0.6) is 0 Å². The van der Waals surface area contributed by atoms with E-state index in [-0.39, 0.29) is 11.9 Å². The number of carbonyl (C=O) groups is 1. The van der Waals surface area contributed by atoms with Gasteiger partial charge in [0.15, 0.2) is 0 Å². The van der Waals surface area contributed by atoms with E-state index in [1.54, 1.807) is 5.48 Å². The Balaban J connectivity index is 2.03. The minimum atomic E-state index is -0.258. The molecule has 4 heteroatoms. The topological polar surface area (TPSA) is 52.6 Å². The number of likely N-dealkylation sites (tertiary alicyclic amines) is 1. The number of allylic oxidation sites excluding steroid dienone is 1. The van der Waals surface area contributed by atoms with Crippen molar-refractivity contribution in [2.24, 2.45) is 0 Å². The molecule has 0 aromatic rings. The molecule has 2 N–H and O–H groups in total. The third-order valence-electron chi connectivity index (χ3n) is 3.36. The molecule has 1 heterocycles. The zero-order chi connectivity index (χ0) is 10.7. The van der Waals surface area contributed by atoms with Gasteiger partial charge in [-0.05, 0) is 38.6 Å². The molecule has 1 saturated heterocycles. The first-order valence-electron chi connectivity index (χ1n) is 5.69. The molecular weight excluding hydrogens is 192 g/mol. The van der Waals surface area contributed by atoms with Crippen LogP contribution in [0.15, 0.2) is 12.2 Å². The van der Waals surface area contributed by atoms with Crippen molar-refractivity contribution in [3.05, 3.63) is 12.2 Å². The van der Waals surface area contributed by atoms with E-state index < -0.39 is 0 Å². The number of hydrogen-bond donors (Lipinski definition) is 2. The van der Waals surface area contributed by atoms with E-state index in [4.69, 9.17) is 5.21 Å². The average Bonchev–Trinajstić information content (AvgIpc) is 2.78. The highest BCUT2D eigenvalue weighted by atomic mass is 16.5. The lowest BCUT2D eigenvalue weighted by atomic mass is 10.0. The molecule has 0 aromatic heterocycles. The summed E-state index contributed by atoms with van der Waals surface area (Å²) in [7, 11) is 0. The molecule has 0 aromatic carbocycles. The van der Waals surface area contributed by atoms with Crippen LogP contribution >= 0.6 is 0 Å². The summed E-state index contributed by atoms with van der Waals surface area (Å²) < 4.78 is 0. The molecule has 0 saturated carbocycles. The quantitative estimate of drug-likeness (QED) is 0.407. The second-order valence-corrected chi connectivity index (χ2v) is 4.30. The Hall–Kier alpha value is -0.870. The summed E-state index contributed by atoms with van der Waals surface area (Å²) in [6, 6.07) is 0.256. The van der Waals surface area contributed by atoms with Gasteiger partial charge in [-0.15, -0.1) is 0 Å². The highest BCUT2D eigenvalue weighted by Crippen LogP contribution is 2.25. The minimum absolute atomic E-state index is 0.136. The maximum absolute atomic E-state index is 11.4. The smallest absolute Gasteiger partial charge is 0.260 e. The van der Waals surface area contributed by atoms with E-state index in [1.807, 2.05) is 0 Å². The lowest BCUT2D eigenvalue weighted by Crippen LogP contribution is -2.46. The van der Waals surface area contributed by atoms with Crippen LogP contribution in [-0.4, -0.2) is 34.6 Å². The molecule has 1 aliphatic carbocycles. The normalized spacial score (nSPS) is 31.8. The summed E-state index contributed by atoms with van der Waals surface area (Å²) >= 11 is 0. The van der Waals surface area contributed by atoms with Crippen LogP contribution in [0.1, 0.15) is 32.1 Å². The molecule has 15 heavy (non-hydrogen) atoms. The predicted molar refractivity (Wildman–Crippen MR) is 56.4 cm³/mol. The van der Waals surface area contributed by atoms with Crippen LogP contribution in [-0.2, 0) is 4.79 Å². The average molecular weight is 210 g/mol. The Morgan fingerprint density at radius 1 is 1.40 bits per heavy atom. The van der Waals surface area contributed by atoms with E-state index in [2.05, 4.69) is 17.1 Å². The number of hydroxylamine groups is 1. The van der Waals surface area contributed by atoms with Gasteiger partial charge in [0.05, 0.1) is 6.04 Å². The molecular formula is C11H18N2O2. The monoisotopic (exact) mass is 210 g/mol. The van der Waals surface area contributed by atoms with Gasteiger partial charge in [0.25, 0.3) is 5.91 Å². The molecule has 0 unspecified atom stereocenters. The first-order valence-corrected chi connectivity index (χ1v) is 5.69. The second kappa shape index (κ2) is 4.77. The van der Waals surface area contributed by atoms with E-state index in [9.17, 15) is 4.79 Å². The van der Waals surface area contributed by atoms with Gasteiger partial charge in [-0.25, -0.2) is 5.48 Å². The molecule has 2 rings (SSSR count). The molecule has 84 valence electrons. The Kier molecular flexibility index (Phi) is 3.38. The standard InChI is InChI=1S/C11H18N2O2/c14-11(12-15)10-7-4-8-13(10)9-5-2-1-3-6-9/h2,5,9-10,15H,1,3-4,6-8H2,(H,12,14)/t9-,10+/m1/s1. The highest BCUT2D eigenvalue weighted by molar-refractivity contribution is 5.80. The van der Waals surface area contributed by atoms with Gasteiger partial charge in [0, 0.05) is 6.04 Å². The van der Waals surface area contributed by atoms with Gasteiger partial charge < -0.3 is 0 Å². The van der Waals surface area contributed by atoms with Gasteiger partial charge >= 0.3 is 0 Å². The first kappa shape index (κ1) is 10.6.